The van der Waals surface area contributed by atoms with Gasteiger partial charge >= 0.3 is 0 Å². The highest BCUT2D eigenvalue weighted by Gasteiger charge is 2.20. The minimum atomic E-state index is 0.696. The lowest BCUT2D eigenvalue weighted by Gasteiger charge is -2.33. The average Bonchev–Trinajstić information content (AvgIpc) is 3.18. The Morgan fingerprint density at radius 3 is 2.92 bits per heavy atom. The molecule has 2 aliphatic heterocycles. The number of thiophene rings is 1. The van der Waals surface area contributed by atoms with Gasteiger partial charge in [0.2, 0.25) is 0 Å². The van der Waals surface area contributed by atoms with Gasteiger partial charge in [0.25, 0.3) is 0 Å². The molecule has 0 radical (unpaired) electrons. The van der Waals surface area contributed by atoms with Gasteiger partial charge in [-0.15, -0.1) is 11.3 Å². The first-order chi connectivity index (χ1) is 12.8. The zero-order valence-electron chi connectivity index (χ0n) is 16.0. The van der Waals surface area contributed by atoms with Crippen molar-refractivity contribution in [1.82, 2.24) is 20.4 Å². The number of piperidine rings is 1. The van der Waals surface area contributed by atoms with Gasteiger partial charge in [0.1, 0.15) is 0 Å². The van der Waals surface area contributed by atoms with Crippen molar-refractivity contribution in [3.63, 3.8) is 0 Å². The summed E-state index contributed by atoms with van der Waals surface area (Å²) in [4.78, 5) is 10.9. The lowest BCUT2D eigenvalue weighted by molar-refractivity contribution is 0.0389. The van der Waals surface area contributed by atoms with Gasteiger partial charge in [0, 0.05) is 57.7 Å². The Balaban J connectivity index is 1.33. The summed E-state index contributed by atoms with van der Waals surface area (Å²) >= 11 is 1.86. The van der Waals surface area contributed by atoms with E-state index in [9.17, 15) is 0 Å². The molecular weight excluding hydrogens is 346 g/mol. The number of hydrogen-bond donors (Lipinski definition) is 2. The SMILES string of the molecule is CN=C(NCCN1CCOCC1)NCC1CCCN(Cc2cccs2)C1. The molecule has 1 aromatic heterocycles. The molecule has 0 spiro atoms. The maximum absolute atomic E-state index is 5.39. The molecule has 7 heteroatoms. The Hall–Kier alpha value is -1.15. The van der Waals surface area contributed by atoms with Gasteiger partial charge in [-0.2, -0.15) is 0 Å². The van der Waals surface area contributed by atoms with Crippen molar-refractivity contribution in [1.29, 1.82) is 0 Å². The van der Waals surface area contributed by atoms with E-state index in [1.807, 2.05) is 18.4 Å². The summed E-state index contributed by atoms with van der Waals surface area (Å²) in [5.74, 6) is 1.62. The molecule has 3 heterocycles. The van der Waals surface area contributed by atoms with Crippen LogP contribution in [0.1, 0.15) is 17.7 Å². The normalized spacial score (nSPS) is 23.1. The molecule has 2 saturated heterocycles. The number of likely N-dealkylation sites (tertiary alicyclic amines) is 1. The molecule has 26 heavy (non-hydrogen) atoms. The van der Waals surface area contributed by atoms with Crippen LogP contribution >= 0.6 is 11.3 Å². The number of rotatable bonds is 7. The third-order valence-electron chi connectivity index (χ3n) is 5.17. The maximum Gasteiger partial charge on any atom is 0.191 e. The first kappa shape index (κ1) is 19.6. The molecule has 1 atom stereocenters. The quantitative estimate of drug-likeness (QED) is 0.555. The van der Waals surface area contributed by atoms with E-state index in [-0.39, 0.29) is 0 Å². The number of aliphatic imine (C=N–C) groups is 1. The van der Waals surface area contributed by atoms with E-state index < -0.39 is 0 Å². The molecule has 2 fully saturated rings. The summed E-state index contributed by atoms with van der Waals surface area (Å²) in [7, 11) is 1.86. The van der Waals surface area contributed by atoms with E-state index in [0.29, 0.717) is 5.92 Å². The number of nitrogens with zero attached hydrogens (tertiary/aromatic N) is 3. The van der Waals surface area contributed by atoms with Crippen molar-refractivity contribution < 1.29 is 4.74 Å². The fourth-order valence-corrected chi connectivity index (χ4v) is 4.45. The first-order valence-corrected chi connectivity index (χ1v) is 10.7. The van der Waals surface area contributed by atoms with E-state index in [2.05, 4.69) is 42.9 Å². The molecule has 0 aliphatic carbocycles. The third-order valence-corrected chi connectivity index (χ3v) is 6.03. The summed E-state index contributed by atoms with van der Waals surface area (Å²) in [6.45, 7) is 10.3. The second-order valence-electron chi connectivity index (χ2n) is 7.16. The van der Waals surface area contributed by atoms with E-state index in [0.717, 1.165) is 58.4 Å². The van der Waals surface area contributed by atoms with Crippen LogP contribution in [0.25, 0.3) is 0 Å². The average molecular weight is 380 g/mol. The van der Waals surface area contributed by atoms with Gasteiger partial charge < -0.3 is 15.4 Å². The number of ether oxygens (including phenoxy) is 1. The summed E-state index contributed by atoms with van der Waals surface area (Å²) in [6, 6.07) is 4.39. The Bertz CT molecular complexity index is 530. The highest BCUT2D eigenvalue weighted by atomic mass is 32.1. The van der Waals surface area contributed by atoms with Gasteiger partial charge in [-0.05, 0) is 36.8 Å². The molecule has 146 valence electrons. The summed E-state index contributed by atoms with van der Waals surface area (Å²) in [5.41, 5.74) is 0. The van der Waals surface area contributed by atoms with Crippen LogP contribution in [-0.4, -0.2) is 81.8 Å². The predicted molar refractivity (Wildman–Crippen MR) is 109 cm³/mol. The summed E-state index contributed by atoms with van der Waals surface area (Å²) in [5, 5.41) is 9.15. The molecule has 3 rings (SSSR count). The fraction of sp³-hybridized carbons (Fsp3) is 0.737. The molecule has 0 bridgehead atoms. The van der Waals surface area contributed by atoms with Gasteiger partial charge in [-0.25, -0.2) is 0 Å². The van der Waals surface area contributed by atoms with Gasteiger partial charge in [0.15, 0.2) is 5.96 Å². The Kier molecular flexibility index (Phi) is 8.20. The van der Waals surface area contributed by atoms with Crippen molar-refractivity contribution in [3.8, 4) is 0 Å². The predicted octanol–water partition coefficient (Wildman–Crippen LogP) is 1.46. The van der Waals surface area contributed by atoms with Crippen molar-refractivity contribution in [2.75, 3.05) is 66.1 Å². The van der Waals surface area contributed by atoms with Crippen LogP contribution in [-0.2, 0) is 11.3 Å². The van der Waals surface area contributed by atoms with Crippen molar-refractivity contribution in [2.45, 2.75) is 19.4 Å². The standard InChI is InChI=1S/C19H33N5OS/c1-20-19(21-6-8-23-9-11-25-12-10-23)22-14-17-4-2-7-24(15-17)16-18-5-3-13-26-18/h3,5,13,17H,2,4,6-12,14-16H2,1H3,(H2,20,21,22). The lowest BCUT2D eigenvalue weighted by atomic mass is 9.98. The number of guanidine groups is 1. The second kappa shape index (κ2) is 10.9. The van der Waals surface area contributed by atoms with E-state index in [4.69, 9.17) is 4.74 Å². The molecule has 0 aromatic carbocycles. The minimum Gasteiger partial charge on any atom is -0.379 e. The molecule has 6 nitrogen and oxygen atoms in total. The molecule has 2 N–H and O–H groups in total. The molecule has 2 aliphatic rings. The number of nitrogens with one attached hydrogen (secondary N) is 2. The molecule has 1 aromatic rings. The van der Waals surface area contributed by atoms with Crippen molar-refractivity contribution in [3.05, 3.63) is 22.4 Å². The zero-order chi connectivity index (χ0) is 18.0. The first-order valence-electron chi connectivity index (χ1n) is 9.83. The minimum absolute atomic E-state index is 0.696. The van der Waals surface area contributed by atoms with E-state index >= 15 is 0 Å². The van der Waals surface area contributed by atoms with Crippen molar-refractivity contribution in [2.24, 2.45) is 10.9 Å². The highest BCUT2D eigenvalue weighted by molar-refractivity contribution is 7.09. The molecule has 0 saturated carbocycles. The lowest BCUT2D eigenvalue weighted by Crippen LogP contribution is -2.46. The van der Waals surface area contributed by atoms with Crippen LogP contribution in [0.5, 0.6) is 0 Å². The fourth-order valence-electron chi connectivity index (χ4n) is 3.70. The highest BCUT2D eigenvalue weighted by Crippen LogP contribution is 2.19. The van der Waals surface area contributed by atoms with Gasteiger partial charge in [-0.1, -0.05) is 6.07 Å². The van der Waals surface area contributed by atoms with Crippen LogP contribution < -0.4 is 10.6 Å². The number of hydrogen-bond acceptors (Lipinski definition) is 5. The zero-order valence-corrected chi connectivity index (χ0v) is 16.8. The Morgan fingerprint density at radius 1 is 1.27 bits per heavy atom. The summed E-state index contributed by atoms with van der Waals surface area (Å²) < 4.78 is 5.39. The van der Waals surface area contributed by atoms with Crippen LogP contribution in [0.3, 0.4) is 0 Å². The second-order valence-corrected chi connectivity index (χ2v) is 8.19. The molecule has 1 unspecified atom stereocenters. The maximum atomic E-state index is 5.39. The van der Waals surface area contributed by atoms with Crippen LogP contribution in [0.4, 0.5) is 0 Å². The number of morpholine rings is 1. The topological polar surface area (TPSA) is 52.1 Å². The van der Waals surface area contributed by atoms with Crippen LogP contribution in [0, 0.1) is 5.92 Å². The van der Waals surface area contributed by atoms with Crippen LogP contribution in [0.2, 0.25) is 0 Å². The largest absolute Gasteiger partial charge is 0.379 e. The smallest absolute Gasteiger partial charge is 0.191 e. The van der Waals surface area contributed by atoms with Crippen LogP contribution in [0.15, 0.2) is 22.5 Å². The summed E-state index contributed by atoms with van der Waals surface area (Å²) in [6.07, 6.45) is 2.60. The van der Waals surface area contributed by atoms with E-state index in [1.54, 1.807) is 0 Å². The Morgan fingerprint density at radius 2 is 2.15 bits per heavy atom. The van der Waals surface area contributed by atoms with Gasteiger partial charge in [0.05, 0.1) is 13.2 Å². The van der Waals surface area contributed by atoms with E-state index in [1.165, 1.54) is 30.8 Å². The molecular formula is C19H33N5OS. The monoisotopic (exact) mass is 379 g/mol. The Labute approximate surface area is 161 Å². The third kappa shape index (κ3) is 6.54. The van der Waals surface area contributed by atoms with Crippen molar-refractivity contribution >= 4 is 17.3 Å². The molecule has 0 amide bonds. The van der Waals surface area contributed by atoms with Gasteiger partial charge in [-0.3, -0.25) is 14.8 Å².